The molecule has 1 aromatic rings. The van der Waals surface area contributed by atoms with Crippen molar-refractivity contribution in [2.75, 3.05) is 5.75 Å². The highest BCUT2D eigenvalue weighted by Crippen LogP contribution is 2.18. The van der Waals surface area contributed by atoms with Gasteiger partial charge < -0.3 is 0 Å². The van der Waals surface area contributed by atoms with Crippen LogP contribution in [0.25, 0.3) is 0 Å². The van der Waals surface area contributed by atoms with Gasteiger partial charge in [0.25, 0.3) is 0 Å². The van der Waals surface area contributed by atoms with Gasteiger partial charge in [-0.2, -0.15) is 0 Å². The highest BCUT2D eigenvalue weighted by atomic mass is 32.2. The summed E-state index contributed by atoms with van der Waals surface area (Å²) in [5, 5.41) is 2.00. The minimum absolute atomic E-state index is 1.12. The van der Waals surface area contributed by atoms with E-state index in [-0.39, 0.29) is 0 Å². The summed E-state index contributed by atoms with van der Waals surface area (Å²) in [6.45, 7) is 2.13. The lowest BCUT2D eigenvalue weighted by Crippen LogP contribution is -1.65. The molecule has 0 aliphatic rings. The quantitative estimate of drug-likeness (QED) is 0.592. The van der Waals surface area contributed by atoms with Crippen molar-refractivity contribution < 1.29 is 0 Å². The first kappa shape index (κ1) is 6.11. The van der Waals surface area contributed by atoms with Gasteiger partial charge in [-0.1, -0.05) is 18.7 Å². The Labute approximate surface area is 57.1 Å². The molecule has 0 bridgehead atoms. The topological polar surface area (TPSA) is 12.9 Å². The van der Waals surface area contributed by atoms with E-state index < -0.39 is 0 Å². The third-order valence-electron chi connectivity index (χ3n) is 0.677. The molecule has 0 atom stereocenters. The van der Waals surface area contributed by atoms with E-state index in [0.717, 1.165) is 5.75 Å². The van der Waals surface area contributed by atoms with Crippen molar-refractivity contribution in [3.05, 3.63) is 11.6 Å². The molecule has 0 aliphatic carbocycles. The lowest BCUT2D eigenvalue weighted by molar-refractivity contribution is 1.25. The third-order valence-corrected chi connectivity index (χ3v) is 2.53. The van der Waals surface area contributed by atoms with Crippen LogP contribution in [0, 0.1) is 0 Å². The van der Waals surface area contributed by atoms with E-state index in [1.165, 1.54) is 4.34 Å². The van der Waals surface area contributed by atoms with E-state index in [0.29, 0.717) is 0 Å². The highest BCUT2D eigenvalue weighted by Gasteiger charge is 1.89. The summed E-state index contributed by atoms with van der Waals surface area (Å²) in [4.78, 5) is 4.09. The molecule has 0 saturated carbocycles. The predicted octanol–water partition coefficient (Wildman–Crippen LogP) is 2.26. The van der Waals surface area contributed by atoms with E-state index in [1.807, 2.05) is 11.6 Å². The SMILES string of the molecule is CCSc1nccs1. The molecule has 0 radical (unpaired) electrons. The van der Waals surface area contributed by atoms with Gasteiger partial charge in [-0.05, 0) is 5.75 Å². The molecule has 1 aromatic heterocycles. The molecule has 1 rings (SSSR count). The van der Waals surface area contributed by atoms with Gasteiger partial charge in [0.05, 0.1) is 0 Å². The summed E-state index contributed by atoms with van der Waals surface area (Å²) in [5.41, 5.74) is 0. The van der Waals surface area contributed by atoms with E-state index in [9.17, 15) is 0 Å². The Bertz CT molecular complexity index is 136. The number of hydrogen-bond donors (Lipinski definition) is 0. The first-order valence-electron chi connectivity index (χ1n) is 2.45. The number of hydrogen-bond acceptors (Lipinski definition) is 3. The average Bonchev–Trinajstić information content (AvgIpc) is 2.19. The largest absolute Gasteiger partial charge is 0.238 e. The second-order valence-electron chi connectivity index (χ2n) is 1.23. The second-order valence-corrected chi connectivity index (χ2v) is 3.64. The van der Waals surface area contributed by atoms with Crippen molar-refractivity contribution in [3.63, 3.8) is 0 Å². The van der Waals surface area contributed by atoms with Crippen LogP contribution >= 0.6 is 23.1 Å². The number of nitrogens with zero attached hydrogens (tertiary/aromatic N) is 1. The fourth-order valence-electron chi connectivity index (χ4n) is 0.405. The molecule has 0 aliphatic heterocycles. The van der Waals surface area contributed by atoms with Gasteiger partial charge in [-0.25, -0.2) is 4.98 Å². The molecular weight excluding hydrogens is 138 g/mol. The van der Waals surface area contributed by atoms with Crippen molar-refractivity contribution in [1.29, 1.82) is 0 Å². The number of rotatable bonds is 2. The zero-order valence-electron chi connectivity index (χ0n) is 4.63. The van der Waals surface area contributed by atoms with Crippen LogP contribution in [-0.4, -0.2) is 10.7 Å². The van der Waals surface area contributed by atoms with Crippen molar-refractivity contribution in [1.82, 2.24) is 4.98 Å². The fourth-order valence-corrected chi connectivity index (χ4v) is 1.94. The Balaban J connectivity index is 2.50. The smallest absolute Gasteiger partial charge is 0.149 e. The molecule has 0 saturated heterocycles. The minimum atomic E-state index is 1.12. The normalized spacial score (nSPS) is 9.62. The summed E-state index contributed by atoms with van der Waals surface area (Å²) in [6, 6.07) is 0. The van der Waals surface area contributed by atoms with Gasteiger partial charge in [0, 0.05) is 11.6 Å². The molecule has 1 nitrogen and oxygen atoms in total. The lowest BCUT2D eigenvalue weighted by Gasteiger charge is -1.84. The maximum Gasteiger partial charge on any atom is 0.149 e. The van der Waals surface area contributed by atoms with Crippen LogP contribution in [0.5, 0.6) is 0 Å². The van der Waals surface area contributed by atoms with Gasteiger partial charge in [0.1, 0.15) is 4.34 Å². The van der Waals surface area contributed by atoms with Gasteiger partial charge in [-0.3, -0.25) is 0 Å². The second kappa shape index (κ2) is 3.10. The Kier molecular flexibility index (Phi) is 2.36. The van der Waals surface area contributed by atoms with E-state index in [2.05, 4.69) is 11.9 Å². The number of thioether (sulfide) groups is 1. The molecule has 0 spiro atoms. The molecule has 44 valence electrons. The molecule has 0 amide bonds. The molecule has 8 heavy (non-hydrogen) atoms. The lowest BCUT2D eigenvalue weighted by atomic mass is 11.0. The fraction of sp³-hybridized carbons (Fsp3) is 0.400. The first-order valence-corrected chi connectivity index (χ1v) is 4.32. The summed E-state index contributed by atoms with van der Waals surface area (Å²) in [7, 11) is 0. The van der Waals surface area contributed by atoms with Crippen molar-refractivity contribution >= 4 is 23.1 Å². The minimum Gasteiger partial charge on any atom is -0.238 e. The molecule has 0 fully saturated rings. The number of thiazole rings is 1. The Morgan fingerprint density at radius 1 is 1.88 bits per heavy atom. The molecule has 3 heteroatoms. The number of aromatic nitrogens is 1. The maximum atomic E-state index is 4.09. The summed E-state index contributed by atoms with van der Waals surface area (Å²) in [5.74, 6) is 1.12. The van der Waals surface area contributed by atoms with Crippen LogP contribution in [0.1, 0.15) is 6.92 Å². The highest BCUT2D eigenvalue weighted by molar-refractivity contribution is 8.00. The predicted molar refractivity (Wildman–Crippen MR) is 38.5 cm³/mol. The average molecular weight is 145 g/mol. The molecule has 1 heterocycles. The standard InChI is InChI=1S/C5H7NS2/c1-2-7-5-6-3-4-8-5/h3-4H,2H2,1H3. The van der Waals surface area contributed by atoms with Crippen molar-refractivity contribution in [2.45, 2.75) is 11.3 Å². The van der Waals surface area contributed by atoms with E-state index in [4.69, 9.17) is 0 Å². The third kappa shape index (κ3) is 1.49. The van der Waals surface area contributed by atoms with Crippen molar-refractivity contribution in [3.8, 4) is 0 Å². The van der Waals surface area contributed by atoms with E-state index in [1.54, 1.807) is 23.1 Å². The van der Waals surface area contributed by atoms with Gasteiger partial charge in [-0.15, -0.1) is 11.3 Å². The summed E-state index contributed by atoms with van der Waals surface area (Å²) >= 11 is 3.49. The van der Waals surface area contributed by atoms with Crippen LogP contribution in [0.3, 0.4) is 0 Å². The zero-order valence-corrected chi connectivity index (χ0v) is 6.26. The van der Waals surface area contributed by atoms with Crippen LogP contribution in [-0.2, 0) is 0 Å². The molecule has 0 aromatic carbocycles. The van der Waals surface area contributed by atoms with Crippen molar-refractivity contribution in [2.24, 2.45) is 0 Å². The van der Waals surface area contributed by atoms with Gasteiger partial charge in [0.2, 0.25) is 0 Å². The van der Waals surface area contributed by atoms with Crippen LogP contribution in [0.4, 0.5) is 0 Å². The molecular formula is C5H7NS2. The maximum absolute atomic E-state index is 4.09. The van der Waals surface area contributed by atoms with E-state index >= 15 is 0 Å². The molecule has 0 unspecified atom stereocenters. The summed E-state index contributed by atoms with van der Waals surface area (Å²) in [6.07, 6.45) is 1.84. The van der Waals surface area contributed by atoms with Gasteiger partial charge in [0.15, 0.2) is 0 Å². The monoisotopic (exact) mass is 145 g/mol. The molecule has 0 N–H and O–H groups in total. The Morgan fingerprint density at radius 3 is 3.25 bits per heavy atom. The van der Waals surface area contributed by atoms with Crippen LogP contribution in [0.2, 0.25) is 0 Å². The Hall–Kier alpha value is -0.0200. The van der Waals surface area contributed by atoms with Crippen LogP contribution < -0.4 is 0 Å². The van der Waals surface area contributed by atoms with Gasteiger partial charge >= 0.3 is 0 Å². The first-order chi connectivity index (χ1) is 3.93. The summed E-state index contributed by atoms with van der Waals surface area (Å²) < 4.78 is 1.17. The van der Waals surface area contributed by atoms with Crippen LogP contribution in [0.15, 0.2) is 15.9 Å². The zero-order chi connectivity index (χ0) is 5.82. The Morgan fingerprint density at radius 2 is 2.75 bits per heavy atom.